The molecule has 1 aliphatic rings. The lowest BCUT2D eigenvalue weighted by Gasteiger charge is -2.36. The van der Waals surface area contributed by atoms with E-state index in [1.54, 1.807) is 24.5 Å². The fourth-order valence-corrected chi connectivity index (χ4v) is 3.86. The van der Waals surface area contributed by atoms with E-state index < -0.39 is 0 Å². The zero-order valence-electron chi connectivity index (χ0n) is 19.7. The molecule has 0 spiro atoms. The molecule has 0 unspecified atom stereocenters. The summed E-state index contributed by atoms with van der Waals surface area (Å²) in [6, 6.07) is 14.7. The zero-order valence-corrected chi connectivity index (χ0v) is 19.7. The number of carbonyl (C=O) groups excluding carboxylic acids is 1. The number of rotatable bonds is 8. The summed E-state index contributed by atoms with van der Waals surface area (Å²) in [5.41, 5.74) is 1.39. The van der Waals surface area contributed by atoms with Crippen LogP contribution in [0.2, 0.25) is 0 Å². The summed E-state index contributed by atoms with van der Waals surface area (Å²) in [4.78, 5) is 23.6. The van der Waals surface area contributed by atoms with E-state index in [9.17, 15) is 4.79 Å². The van der Waals surface area contributed by atoms with E-state index in [4.69, 9.17) is 14.2 Å². The number of anilines is 1. The predicted octanol–water partition coefficient (Wildman–Crippen LogP) is 4.21. The third-order valence-corrected chi connectivity index (χ3v) is 5.36. The summed E-state index contributed by atoms with van der Waals surface area (Å²) in [7, 11) is 0. The van der Waals surface area contributed by atoms with Crippen molar-refractivity contribution in [1.82, 2.24) is 15.3 Å². The molecule has 3 aromatic rings. The van der Waals surface area contributed by atoms with E-state index in [0.717, 1.165) is 30.2 Å². The maximum absolute atomic E-state index is 12.6. The van der Waals surface area contributed by atoms with Gasteiger partial charge in [-0.2, -0.15) is 0 Å². The van der Waals surface area contributed by atoms with Crippen LogP contribution in [0.5, 0.6) is 17.4 Å². The van der Waals surface area contributed by atoms with Crippen molar-refractivity contribution in [2.75, 3.05) is 24.6 Å². The van der Waals surface area contributed by atoms with E-state index in [0.29, 0.717) is 30.3 Å². The highest BCUT2D eigenvalue weighted by Crippen LogP contribution is 2.23. The van der Waals surface area contributed by atoms with Crippen LogP contribution in [0.15, 0.2) is 60.9 Å². The van der Waals surface area contributed by atoms with E-state index >= 15 is 0 Å². The van der Waals surface area contributed by atoms with Crippen LogP contribution >= 0.6 is 0 Å². The van der Waals surface area contributed by atoms with Gasteiger partial charge in [0.15, 0.2) is 0 Å². The number of hydrogen-bond donors (Lipinski definition) is 1. The van der Waals surface area contributed by atoms with Gasteiger partial charge in [0.05, 0.1) is 24.4 Å². The van der Waals surface area contributed by atoms with Gasteiger partial charge in [-0.3, -0.25) is 4.79 Å². The second-order valence-electron chi connectivity index (χ2n) is 8.26. The molecule has 2 atom stereocenters. The van der Waals surface area contributed by atoms with Crippen LogP contribution in [0, 0.1) is 0 Å². The SMILES string of the molecule is CCOc1ccc(Oc2cc(CNC(=O)c3ccc(N4C[C@@H](C)O[C@@H](C)C4)nc3)ccn2)cc1. The van der Waals surface area contributed by atoms with Gasteiger partial charge in [0.1, 0.15) is 17.3 Å². The number of aromatic nitrogens is 2. The molecule has 4 rings (SSSR count). The monoisotopic (exact) mass is 462 g/mol. The summed E-state index contributed by atoms with van der Waals surface area (Å²) in [5, 5.41) is 2.93. The number of amides is 1. The van der Waals surface area contributed by atoms with Crippen LogP contribution in [-0.2, 0) is 11.3 Å². The van der Waals surface area contributed by atoms with Crippen molar-refractivity contribution in [2.24, 2.45) is 0 Å². The predicted molar refractivity (Wildman–Crippen MR) is 130 cm³/mol. The fourth-order valence-electron chi connectivity index (χ4n) is 3.86. The number of hydrogen-bond acceptors (Lipinski definition) is 7. The molecule has 178 valence electrons. The van der Waals surface area contributed by atoms with Crippen molar-refractivity contribution in [3.05, 3.63) is 72.1 Å². The molecule has 0 aliphatic carbocycles. The van der Waals surface area contributed by atoms with Gasteiger partial charge < -0.3 is 24.4 Å². The molecule has 1 aromatic carbocycles. The first-order chi connectivity index (χ1) is 16.5. The number of morpholine rings is 1. The Balaban J connectivity index is 1.32. The van der Waals surface area contributed by atoms with Crippen molar-refractivity contribution in [2.45, 2.75) is 39.5 Å². The summed E-state index contributed by atoms with van der Waals surface area (Å²) in [5.74, 6) is 2.57. The molecular weight excluding hydrogens is 432 g/mol. The smallest absolute Gasteiger partial charge is 0.253 e. The summed E-state index contributed by atoms with van der Waals surface area (Å²) in [6.45, 7) is 8.58. The second kappa shape index (κ2) is 11.0. The Labute approximate surface area is 199 Å². The molecule has 0 saturated carbocycles. The highest BCUT2D eigenvalue weighted by Gasteiger charge is 2.23. The van der Waals surface area contributed by atoms with E-state index in [1.807, 2.05) is 43.3 Å². The molecule has 1 amide bonds. The van der Waals surface area contributed by atoms with Crippen molar-refractivity contribution < 1.29 is 19.0 Å². The van der Waals surface area contributed by atoms with E-state index in [2.05, 4.69) is 34.0 Å². The average Bonchev–Trinajstić information content (AvgIpc) is 2.84. The van der Waals surface area contributed by atoms with Gasteiger partial charge in [0.2, 0.25) is 5.88 Å². The minimum atomic E-state index is -0.187. The topological polar surface area (TPSA) is 85.8 Å². The molecule has 1 N–H and O–H groups in total. The third-order valence-electron chi connectivity index (χ3n) is 5.36. The highest BCUT2D eigenvalue weighted by molar-refractivity contribution is 5.94. The Morgan fingerprint density at radius 1 is 1.06 bits per heavy atom. The minimum absolute atomic E-state index is 0.150. The Morgan fingerprint density at radius 2 is 1.79 bits per heavy atom. The number of nitrogens with one attached hydrogen (secondary N) is 1. The molecule has 0 radical (unpaired) electrons. The van der Waals surface area contributed by atoms with Gasteiger partial charge in [0.25, 0.3) is 5.91 Å². The number of ether oxygens (including phenoxy) is 3. The van der Waals surface area contributed by atoms with Gasteiger partial charge in [-0.1, -0.05) is 0 Å². The van der Waals surface area contributed by atoms with Crippen LogP contribution in [0.25, 0.3) is 0 Å². The van der Waals surface area contributed by atoms with Crippen molar-refractivity contribution in [3.63, 3.8) is 0 Å². The first-order valence-corrected chi connectivity index (χ1v) is 11.5. The van der Waals surface area contributed by atoms with Gasteiger partial charge in [-0.15, -0.1) is 0 Å². The molecular formula is C26H30N4O4. The number of benzene rings is 1. The molecule has 1 fully saturated rings. The summed E-state index contributed by atoms with van der Waals surface area (Å²) >= 11 is 0. The molecule has 8 nitrogen and oxygen atoms in total. The molecule has 1 saturated heterocycles. The molecule has 3 heterocycles. The lowest BCUT2D eigenvalue weighted by Crippen LogP contribution is -2.45. The Bertz CT molecular complexity index is 1080. The fraction of sp³-hybridized carbons (Fsp3) is 0.346. The quantitative estimate of drug-likeness (QED) is 0.537. The van der Waals surface area contributed by atoms with Crippen molar-refractivity contribution in [3.8, 4) is 17.4 Å². The van der Waals surface area contributed by atoms with Gasteiger partial charge in [-0.05, 0) is 68.8 Å². The zero-order chi connectivity index (χ0) is 23.9. The lowest BCUT2D eigenvalue weighted by atomic mass is 10.2. The van der Waals surface area contributed by atoms with E-state index in [-0.39, 0.29) is 18.1 Å². The Morgan fingerprint density at radius 3 is 2.47 bits per heavy atom. The minimum Gasteiger partial charge on any atom is -0.494 e. The number of nitrogens with zero attached hydrogens (tertiary/aromatic N) is 3. The van der Waals surface area contributed by atoms with Crippen LogP contribution < -0.4 is 19.7 Å². The van der Waals surface area contributed by atoms with Gasteiger partial charge in [-0.25, -0.2) is 9.97 Å². The number of carbonyl (C=O) groups is 1. The van der Waals surface area contributed by atoms with Crippen LogP contribution in [0.1, 0.15) is 36.7 Å². The molecule has 1 aliphatic heterocycles. The molecule has 0 bridgehead atoms. The van der Waals surface area contributed by atoms with Crippen LogP contribution in [0.3, 0.4) is 0 Å². The molecule has 8 heteroatoms. The Hall–Kier alpha value is -3.65. The molecule has 2 aromatic heterocycles. The number of pyridine rings is 2. The summed E-state index contributed by atoms with van der Waals surface area (Å²) < 4.78 is 17.0. The van der Waals surface area contributed by atoms with Crippen molar-refractivity contribution >= 4 is 11.7 Å². The van der Waals surface area contributed by atoms with Crippen LogP contribution in [0.4, 0.5) is 5.82 Å². The maximum Gasteiger partial charge on any atom is 0.253 e. The standard InChI is InChI=1S/C26H30N4O4/c1-4-32-22-6-8-23(9-7-22)34-25-13-20(11-12-27-25)14-29-26(31)21-5-10-24(28-15-21)30-16-18(2)33-19(3)17-30/h5-13,15,18-19H,4,14,16-17H2,1-3H3,(H,29,31)/t18-,19+. The average molecular weight is 463 g/mol. The normalized spacial score (nSPS) is 17.8. The van der Waals surface area contributed by atoms with Gasteiger partial charge in [0, 0.05) is 38.1 Å². The summed E-state index contributed by atoms with van der Waals surface area (Å²) in [6.07, 6.45) is 3.57. The van der Waals surface area contributed by atoms with Crippen molar-refractivity contribution in [1.29, 1.82) is 0 Å². The van der Waals surface area contributed by atoms with Crippen LogP contribution in [-0.4, -0.2) is 47.8 Å². The maximum atomic E-state index is 12.6. The van der Waals surface area contributed by atoms with Gasteiger partial charge >= 0.3 is 0 Å². The van der Waals surface area contributed by atoms with E-state index in [1.165, 1.54) is 0 Å². The largest absolute Gasteiger partial charge is 0.494 e. The first-order valence-electron chi connectivity index (χ1n) is 11.5. The third kappa shape index (κ3) is 6.23. The second-order valence-corrected chi connectivity index (χ2v) is 8.26. The first kappa shape index (κ1) is 23.5. The highest BCUT2D eigenvalue weighted by atomic mass is 16.5. The lowest BCUT2D eigenvalue weighted by molar-refractivity contribution is -0.00546. The Kier molecular flexibility index (Phi) is 7.59. The molecule has 34 heavy (non-hydrogen) atoms.